The number of aromatic nitrogens is 2. The quantitative estimate of drug-likeness (QED) is 0.113. The van der Waals surface area contributed by atoms with Crippen LogP contribution in [0.4, 0.5) is 11.4 Å². The van der Waals surface area contributed by atoms with Crippen molar-refractivity contribution in [2.24, 2.45) is 0 Å². The molecule has 0 aliphatic carbocycles. The smallest absolute Gasteiger partial charge is 0.269 e. The van der Waals surface area contributed by atoms with Crippen LogP contribution in [0.5, 0.6) is 11.5 Å². The summed E-state index contributed by atoms with van der Waals surface area (Å²) in [6.45, 7) is 4.46. The van der Waals surface area contributed by atoms with Gasteiger partial charge in [-0.1, -0.05) is 17.8 Å². The van der Waals surface area contributed by atoms with Crippen molar-refractivity contribution in [2.75, 3.05) is 11.7 Å². The summed E-state index contributed by atoms with van der Waals surface area (Å²) in [4.78, 5) is 19.4. The lowest BCUT2D eigenvalue weighted by Gasteiger charge is -2.28. The van der Waals surface area contributed by atoms with Crippen molar-refractivity contribution in [3.05, 3.63) is 130 Å². The van der Waals surface area contributed by atoms with Crippen LogP contribution in [0.25, 0.3) is 5.69 Å². The third kappa shape index (κ3) is 5.03. The van der Waals surface area contributed by atoms with Gasteiger partial charge in [0.25, 0.3) is 5.69 Å². The molecule has 0 saturated carbocycles. The number of nitro benzene ring substituents is 1. The van der Waals surface area contributed by atoms with E-state index in [2.05, 4.69) is 46.8 Å². The van der Waals surface area contributed by atoms with E-state index >= 15 is 0 Å². The summed E-state index contributed by atoms with van der Waals surface area (Å²) in [5.74, 6) is 1.48. The van der Waals surface area contributed by atoms with E-state index < -0.39 is 4.92 Å². The second kappa shape index (κ2) is 11.3. The highest BCUT2D eigenvalue weighted by molar-refractivity contribution is 7.99. The maximum atomic E-state index is 11.0. The molecule has 7 rings (SSSR count). The molecule has 0 radical (unpaired) electrons. The Hall–Kier alpha value is -4.87. The van der Waals surface area contributed by atoms with Gasteiger partial charge < -0.3 is 24.3 Å². The molecule has 3 aromatic carbocycles. The number of thiocarbonyl (C=S) groups is 1. The molecule has 1 N–H and O–H groups in total. The SMILES string of the molecule is Cc1cc(C2C(c3ccccn3)NC(=S)N2c2ccc(Sc3ccc([N+](=O)[O-])cc3)cc2)c(C)n1-c1ccc2c(c1)OCO2. The van der Waals surface area contributed by atoms with Crippen molar-refractivity contribution in [1.82, 2.24) is 14.9 Å². The summed E-state index contributed by atoms with van der Waals surface area (Å²) in [5.41, 5.74) is 6.24. The summed E-state index contributed by atoms with van der Waals surface area (Å²) >= 11 is 7.51. The first-order chi connectivity index (χ1) is 21.4. The number of fused-ring (bicyclic) bond motifs is 1. The van der Waals surface area contributed by atoms with Gasteiger partial charge >= 0.3 is 0 Å². The van der Waals surface area contributed by atoms with E-state index in [9.17, 15) is 10.1 Å². The van der Waals surface area contributed by atoms with Gasteiger partial charge in [-0.15, -0.1) is 0 Å². The second-order valence-electron chi connectivity index (χ2n) is 10.5. The summed E-state index contributed by atoms with van der Waals surface area (Å²) in [5, 5.41) is 15.2. The van der Waals surface area contributed by atoms with Gasteiger partial charge in [-0.05, 0) is 98.4 Å². The lowest BCUT2D eigenvalue weighted by Crippen LogP contribution is -2.29. The average Bonchev–Trinajstić information content (AvgIpc) is 3.72. The van der Waals surface area contributed by atoms with Crippen LogP contribution in [-0.2, 0) is 0 Å². The Bertz CT molecular complexity index is 1880. The lowest BCUT2D eigenvalue weighted by molar-refractivity contribution is -0.384. The molecule has 5 aromatic rings. The Morgan fingerprint density at radius 2 is 1.64 bits per heavy atom. The minimum absolute atomic E-state index is 0.0751. The Morgan fingerprint density at radius 1 is 0.932 bits per heavy atom. The van der Waals surface area contributed by atoms with Crippen LogP contribution in [0.2, 0.25) is 0 Å². The zero-order valence-corrected chi connectivity index (χ0v) is 25.5. The van der Waals surface area contributed by atoms with Crippen molar-refractivity contribution in [3.63, 3.8) is 0 Å². The number of hydrogen-bond donors (Lipinski definition) is 1. The molecule has 2 aliphatic rings. The fourth-order valence-corrected chi connectivity index (χ4v) is 7.07. The first kappa shape index (κ1) is 27.9. The van der Waals surface area contributed by atoms with Crippen molar-refractivity contribution in [1.29, 1.82) is 0 Å². The number of rotatable bonds is 7. The van der Waals surface area contributed by atoms with Crippen molar-refractivity contribution in [3.8, 4) is 17.2 Å². The van der Waals surface area contributed by atoms with Crippen LogP contribution in [0.1, 0.15) is 34.7 Å². The lowest BCUT2D eigenvalue weighted by atomic mass is 9.96. The van der Waals surface area contributed by atoms with Crippen molar-refractivity contribution < 1.29 is 14.4 Å². The topological polar surface area (TPSA) is 94.7 Å². The molecule has 2 atom stereocenters. The van der Waals surface area contributed by atoms with E-state index in [4.69, 9.17) is 26.7 Å². The Kier molecular flexibility index (Phi) is 7.19. The van der Waals surface area contributed by atoms with E-state index in [0.717, 1.165) is 55.3 Å². The predicted molar refractivity (Wildman–Crippen MR) is 173 cm³/mol. The van der Waals surface area contributed by atoms with Crippen LogP contribution >= 0.6 is 24.0 Å². The molecule has 44 heavy (non-hydrogen) atoms. The van der Waals surface area contributed by atoms with Gasteiger partial charge in [0, 0.05) is 56.9 Å². The fourth-order valence-electron chi connectivity index (χ4n) is 5.90. The van der Waals surface area contributed by atoms with Crippen LogP contribution < -0.4 is 19.7 Å². The first-order valence-electron chi connectivity index (χ1n) is 14.0. The molecule has 4 heterocycles. The number of nitrogens with zero attached hydrogens (tertiary/aromatic N) is 4. The number of ether oxygens (including phenoxy) is 2. The van der Waals surface area contributed by atoms with E-state index in [1.807, 2.05) is 48.5 Å². The highest BCUT2D eigenvalue weighted by Crippen LogP contribution is 2.45. The molecule has 220 valence electrons. The summed E-state index contributed by atoms with van der Waals surface area (Å²) in [7, 11) is 0. The van der Waals surface area contributed by atoms with Crippen LogP contribution in [0.3, 0.4) is 0 Å². The normalized spacial score (nSPS) is 17.1. The van der Waals surface area contributed by atoms with Gasteiger partial charge in [0.1, 0.15) is 0 Å². The molecular weight excluding hydrogens is 595 g/mol. The predicted octanol–water partition coefficient (Wildman–Crippen LogP) is 7.45. The number of aryl methyl sites for hydroxylation is 1. The molecule has 11 heteroatoms. The number of benzene rings is 3. The molecule has 1 saturated heterocycles. The molecule has 2 aliphatic heterocycles. The number of nitro groups is 1. The van der Waals surface area contributed by atoms with Gasteiger partial charge in [-0.2, -0.15) is 0 Å². The van der Waals surface area contributed by atoms with E-state index in [1.165, 1.54) is 12.1 Å². The highest BCUT2D eigenvalue weighted by Gasteiger charge is 2.42. The number of anilines is 1. The van der Waals surface area contributed by atoms with Crippen molar-refractivity contribution >= 4 is 40.5 Å². The molecule has 9 nitrogen and oxygen atoms in total. The van der Waals surface area contributed by atoms with Gasteiger partial charge in [0.2, 0.25) is 6.79 Å². The fraction of sp³-hybridized carbons (Fsp3) is 0.152. The van der Waals surface area contributed by atoms with Gasteiger partial charge in [0.05, 0.1) is 22.7 Å². The molecule has 0 amide bonds. The molecular formula is C33H27N5O4S2. The third-order valence-corrected chi connectivity index (χ3v) is 9.23. The van der Waals surface area contributed by atoms with Crippen LogP contribution in [0.15, 0.2) is 107 Å². The van der Waals surface area contributed by atoms with Crippen LogP contribution in [0, 0.1) is 24.0 Å². The maximum Gasteiger partial charge on any atom is 0.269 e. The monoisotopic (exact) mass is 621 g/mol. The molecule has 0 spiro atoms. The molecule has 2 unspecified atom stereocenters. The highest BCUT2D eigenvalue weighted by atomic mass is 32.2. The summed E-state index contributed by atoms with van der Waals surface area (Å²) in [6, 6.07) is 28.6. The number of non-ortho nitro benzene ring substituents is 1. The maximum absolute atomic E-state index is 11.0. The van der Waals surface area contributed by atoms with Gasteiger partial charge in [-0.3, -0.25) is 15.1 Å². The number of nitrogens with one attached hydrogen (secondary N) is 1. The minimum Gasteiger partial charge on any atom is -0.454 e. The molecule has 1 fully saturated rings. The largest absolute Gasteiger partial charge is 0.454 e. The molecule has 2 aromatic heterocycles. The number of hydrogen-bond acceptors (Lipinski definition) is 7. The Balaban J connectivity index is 1.25. The van der Waals surface area contributed by atoms with Crippen molar-refractivity contribution in [2.45, 2.75) is 35.7 Å². The third-order valence-electron chi connectivity index (χ3n) is 7.90. The van der Waals surface area contributed by atoms with Crippen LogP contribution in [-0.4, -0.2) is 26.4 Å². The van der Waals surface area contributed by atoms with E-state index in [0.29, 0.717) is 5.11 Å². The minimum atomic E-state index is -0.391. The Labute approximate surface area is 263 Å². The second-order valence-corrected chi connectivity index (χ2v) is 12.1. The van der Waals surface area contributed by atoms with Gasteiger partial charge in [0.15, 0.2) is 16.6 Å². The summed E-state index contributed by atoms with van der Waals surface area (Å²) in [6.07, 6.45) is 1.81. The first-order valence-corrected chi connectivity index (χ1v) is 15.2. The summed E-state index contributed by atoms with van der Waals surface area (Å²) < 4.78 is 13.4. The van der Waals surface area contributed by atoms with Gasteiger partial charge in [-0.25, -0.2) is 0 Å². The van der Waals surface area contributed by atoms with E-state index in [-0.39, 0.29) is 24.6 Å². The molecule has 0 bridgehead atoms. The standard InChI is InChI=1S/C33H27N5O4S2/c1-20-17-27(21(2)36(20)24-10-15-29-30(18-24)42-19-41-29)32-31(28-5-3-4-16-34-28)35-33(43)37(32)22-6-11-25(12-7-22)44-26-13-8-23(9-14-26)38(39)40/h3-18,31-32H,19H2,1-2H3,(H,35,43). The number of pyridine rings is 1. The zero-order valence-electron chi connectivity index (χ0n) is 23.8. The van der Waals surface area contributed by atoms with E-state index in [1.54, 1.807) is 30.1 Å². The zero-order chi connectivity index (χ0) is 30.4. The average molecular weight is 622 g/mol. The Morgan fingerprint density at radius 3 is 2.34 bits per heavy atom.